The Bertz CT molecular complexity index is 1620. The highest BCUT2D eigenvalue weighted by molar-refractivity contribution is 14.1. The van der Waals surface area contributed by atoms with Crippen molar-refractivity contribution in [1.82, 2.24) is 10.2 Å². The van der Waals surface area contributed by atoms with Gasteiger partial charge in [0.2, 0.25) is 11.8 Å². The number of anilines is 1. The Hall–Kier alpha value is -3.22. The SMILES string of the molecule is CCCNC(=O)[C@H](Cc1ccccc1)N(Cc1cccc(Br)c1)C(=O)CN(c1ccc(I)cc1)S(=O)(=O)c1ccccc1. The fourth-order valence-corrected chi connectivity index (χ4v) is 6.85. The van der Waals surface area contributed by atoms with Crippen LogP contribution in [0.15, 0.2) is 119 Å². The molecule has 4 aromatic carbocycles. The second-order valence-electron chi connectivity index (χ2n) is 9.95. The largest absolute Gasteiger partial charge is 0.354 e. The third-order valence-corrected chi connectivity index (χ3v) is 9.79. The van der Waals surface area contributed by atoms with Gasteiger partial charge in [-0.05, 0) is 88.7 Å². The number of rotatable bonds is 13. The number of nitrogens with zero attached hydrogens (tertiary/aromatic N) is 2. The molecular weight excluding hydrogens is 741 g/mol. The second kappa shape index (κ2) is 15.5. The summed E-state index contributed by atoms with van der Waals surface area (Å²) in [4.78, 5) is 29.6. The first-order valence-corrected chi connectivity index (χ1v) is 17.2. The molecule has 7 nitrogen and oxygen atoms in total. The Morgan fingerprint density at radius 2 is 1.49 bits per heavy atom. The minimum atomic E-state index is -4.12. The molecule has 0 radical (unpaired) electrons. The number of hydrogen-bond acceptors (Lipinski definition) is 4. The molecule has 1 atom stereocenters. The van der Waals surface area contributed by atoms with Gasteiger partial charge in [-0.15, -0.1) is 0 Å². The standard InChI is InChI=1S/C33H33BrIN3O4S/c1-2-20-36-33(40)31(22-25-10-5-3-6-11-25)37(23-26-12-9-13-27(34)21-26)32(39)24-38(29-18-16-28(35)17-19-29)43(41,42)30-14-7-4-8-15-30/h3-19,21,31H,2,20,22-24H2,1H3,(H,36,40)/t31-/m0/s1. The first-order valence-electron chi connectivity index (χ1n) is 13.9. The maximum Gasteiger partial charge on any atom is 0.264 e. The summed E-state index contributed by atoms with van der Waals surface area (Å²) >= 11 is 5.65. The number of halogens is 2. The molecule has 0 aliphatic heterocycles. The summed E-state index contributed by atoms with van der Waals surface area (Å²) < 4.78 is 30.8. The monoisotopic (exact) mass is 773 g/mol. The molecule has 0 fully saturated rings. The van der Waals surface area contributed by atoms with E-state index >= 15 is 0 Å². The Kier molecular flexibility index (Phi) is 11.8. The zero-order valence-corrected chi connectivity index (χ0v) is 28.3. The Labute approximate surface area is 275 Å². The summed E-state index contributed by atoms with van der Waals surface area (Å²) in [5, 5.41) is 2.96. The van der Waals surface area contributed by atoms with Crippen LogP contribution in [0.1, 0.15) is 24.5 Å². The number of hydrogen-bond donors (Lipinski definition) is 1. The van der Waals surface area contributed by atoms with Gasteiger partial charge in [0.15, 0.2) is 0 Å². The number of nitrogens with one attached hydrogen (secondary N) is 1. The van der Waals surface area contributed by atoms with Crippen LogP contribution < -0.4 is 9.62 Å². The van der Waals surface area contributed by atoms with E-state index in [1.807, 2.05) is 61.5 Å². The molecule has 0 saturated heterocycles. The molecule has 0 heterocycles. The first-order chi connectivity index (χ1) is 20.7. The van der Waals surface area contributed by atoms with Crippen LogP contribution in [0.25, 0.3) is 0 Å². The van der Waals surface area contributed by atoms with Gasteiger partial charge in [-0.1, -0.05) is 83.5 Å². The molecule has 2 amide bonds. The van der Waals surface area contributed by atoms with Crippen molar-refractivity contribution in [2.24, 2.45) is 0 Å². The molecule has 43 heavy (non-hydrogen) atoms. The minimum absolute atomic E-state index is 0.0708. The Morgan fingerprint density at radius 3 is 2.12 bits per heavy atom. The molecule has 4 aromatic rings. The van der Waals surface area contributed by atoms with Crippen LogP contribution in [0.4, 0.5) is 5.69 Å². The molecule has 0 bridgehead atoms. The third kappa shape index (κ3) is 8.90. The number of benzene rings is 4. The molecule has 0 aliphatic carbocycles. The Morgan fingerprint density at radius 1 is 0.860 bits per heavy atom. The highest BCUT2D eigenvalue weighted by Crippen LogP contribution is 2.26. The van der Waals surface area contributed by atoms with Crippen LogP contribution in [-0.4, -0.2) is 44.3 Å². The van der Waals surface area contributed by atoms with Crippen molar-refractivity contribution < 1.29 is 18.0 Å². The van der Waals surface area contributed by atoms with E-state index in [9.17, 15) is 18.0 Å². The van der Waals surface area contributed by atoms with Crippen LogP contribution >= 0.6 is 38.5 Å². The van der Waals surface area contributed by atoms with Crippen molar-refractivity contribution in [2.75, 3.05) is 17.4 Å². The van der Waals surface area contributed by atoms with Crippen molar-refractivity contribution >= 4 is 66.0 Å². The minimum Gasteiger partial charge on any atom is -0.354 e. The molecule has 0 aromatic heterocycles. The summed E-state index contributed by atoms with van der Waals surface area (Å²) in [6.07, 6.45) is 1.00. The van der Waals surface area contributed by atoms with E-state index in [1.165, 1.54) is 17.0 Å². The van der Waals surface area contributed by atoms with Gasteiger partial charge in [0.25, 0.3) is 10.0 Å². The van der Waals surface area contributed by atoms with E-state index in [-0.39, 0.29) is 23.8 Å². The molecule has 0 saturated carbocycles. The van der Waals surface area contributed by atoms with Crippen molar-refractivity contribution in [3.63, 3.8) is 0 Å². The smallest absolute Gasteiger partial charge is 0.264 e. The lowest BCUT2D eigenvalue weighted by atomic mass is 10.0. The molecule has 4 rings (SSSR count). The van der Waals surface area contributed by atoms with Crippen LogP contribution in [0.2, 0.25) is 0 Å². The highest BCUT2D eigenvalue weighted by Gasteiger charge is 2.34. The van der Waals surface area contributed by atoms with Crippen LogP contribution in [0, 0.1) is 3.57 Å². The lowest BCUT2D eigenvalue weighted by molar-refractivity contribution is -0.140. The van der Waals surface area contributed by atoms with Crippen molar-refractivity contribution in [3.05, 3.63) is 128 Å². The van der Waals surface area contributed by atoms with Gasteiger partial charge in [-0.3, -0.25) is 13.9 Å². The predicted molar refractivity (Wildman–Crippen MR) is 182 cm³/mol. The molecule has 0 spiro atoms. The maximum atomic E-state index is 14.4. The van der Waals surface area contributed by atoms with Crippen molar-refractivity contribution in [3.8, 4) is 0 Å². The molecule has 224 valence electrons. The normalized spacial score (nSPS) is 11.9. The van der Waals surface area contributed by atoms with E-state index in [4.69, 9.17) is 0 Å². The number of amides is 2. The second-order valence-corrected chi connectivity index (χ2v) is 14.0. The van der Waals surface area contributed by atoms with Gasteiger partial charge >= 0.3 is 0 Å². The van der Waals surface area contributed by atoms with Crippen LogP contribution in [0.5, 0.6) is 0 Å². The van der Waals surface area contributed by atoms with E-state index in [1.54, 1.807) is 42.5 Å². The summed E-state index contributed by atoms with van der Waals surface area (Å²) in [6, 6.07) is 31.2. The first kappa shape index (κ1) is 32.7. The van der Waals surface area contributed by atoms with Crippen LogP contribution in [0.3, 0.4) is 0 Å². The van der Waals surface area contributed by atoms with Gasteiger partial charge in [0.05, 0.1) is 10.6 Å². The molecular formula is C33H33BrIN3O4S. The number of carbonyl (C=O) groups is 2. The number of sulfonamides is 1. The average molecular weight is 775 g/mol. The average Bonchev–Trinajstić information content (AvgIpc) is 3.01. The summed E-state index contributed by atoms with van der Waals surface area (Å²) in [6.45, 7) is 2.05. The van der Waals surface area contributed by atoms with Gasteiger partial charge in [0.1, 0.15) is 12.6 Å². The van der Waals surface area contributed by atoms with E-state index in [2.05, 4.69) is 43.8 Å². The van der Waals surface area contributed by atoms with E-state index < -0.39 is 28.5 Å². The zero-order valence-electron chi connectivity index (χ0n) is 23.7. The van der Waals surface area contributed by atoms with E-state index in [0.717, 1.165) is 29.9 Å². The summed E-state index contributed by atoms with van der Waals surface area (Å²) in [7, 11) is -4.12. The lowest BCUT2D eigenvalue weighted by Gasteiger charge is -2.34. The van der Waals surface area contributed by atoms with E-state index in [0.29, 0.717) is 12.2 Å². The lowest BCUT2D eigenvalue weighted by Crippen LogP contribution is -2.53. The van der Waals surface area contributed by atoms with Crippen molar-refractivity contribution in [1.29, 1.82) is 0 Å². The molecule has 1 N–H and O–H groups in total. The molecule has 10 heteroatoms. The fourth-order valence-electron chi connectivity index (χ4n) is 4.61. The quantitative estimate of drug-likeness (QED) is 0.159. The summed E-state index contributed by atoms with van der Waals surface area (Å²) in [5.74, 6) is -0.786. The van der Waals surface area contributed by atoms with Gasteiger partial charge in [-0.25, -0.2) is 8.42 Å². The third-order valence-electron chi connectivity index (χ3n) is 6.79. The predicted octanol–water partition coefficient (Wildman–Crippen LogP) is 6.42. The van der Waals surface area contributed by atoms with Gasteiger partial charge in [0, 0.05) is 27.6 Å². The summed E-state index contributed by atoms with van der Waals surface area (Å²) in [5.41, 5.74) is 2.04. The molecule has 0 unspecified atom stereocenters. The Balaban J connectivity index is 1.78. The highest BCUT2D eigenvalue weighted by atomic mass is 127. The van der Waals surface area contributed by atoms with Crippen molar-refractivity contribution in [2.45, 2.75) is 37.2 Å². The van der Waals surface area contributed by atoms with Crippen LogP contribution in [-0.2, 0) is 32.6 Å². The fraction of sp³-hybridized carbons (Fsp3) is 0.212. The topological polar surface area (TPSA) is 86.8 Å². The number of carbonyl (C=O) groups excluding carboxylic acids is 2. The zero-order chi connectivity index (χ0) is 30.8. The van der Waals surface area contributed by atoms with Gasteiger partial charge < -0.3 is 10.2 Å². The molecule has 0 aliphatic rings. The van der Waals surface area contributed by atoms with Gasteiger partial charge in [-0.2, -0.15) is 0 Å². The maximum absolute atomic E-state index is 14.4.